The highest BCUT2D eigenvalue weighted by Crippen LogP contribution is 2.41. The highest BCUT2D eigenvalue weighted by atomic mass is 14.3. The number of benzene rings is 2. The molecule has 0 saturated heterocycles. The van der Waals surface area contributed by atoms with Gasteiger partial charge in [-0.2, -0.15) is 0 Å². The van der Waals surface area contributed by atoms with Gasteiger partial charge in [0.05, 0.1) is 0 Å². The van der Waals surface area contributed by atoms with Crippen LogP contribution >= 0.6 is 0 Å². The summed E-state index contributed by atoms with van der Waals surface area (Å²) in [5.41, 5.74) is 9.25. The molecule has 0 N–H and O–H groups in total. The molecule has 166 valence electrons. The Morgan fingerprint density at radius 3 is 1.00 bits per heavy atom. The maximum Gasteiger partial charge on any atom is 0.00668 e. The Morgan fingerprint density at radius 1 is 0.467 bits per heavy atom. The fourth-order valence-electron chi connectivity index (χ4n) is 4.27. The van der Waals surface area contributed by atoms with Crippen molar-refractivity contribution in [2.75, 3.05) is 0 Å². The van der Waals surface area contributed by atoms with Gasteiger partial charge >= 0.3 is 0 Å². The van der Waals surface area contributed by atoms with Crippen molar-refractivity contribution in [3.63, 3.8) is 0 Å². The summed E-state index contributed by atoms with van der Waals surface area (Å²) in [6.07, 6.45) is 0. The minimum atomic E-state index is 0.109. The average Bonchev–Trinajstić information content (AvgIpc) is 2.57. The molecule has 0 heterocycles. The second kappa shape index (κ2) is 7.85. The summed E-state index contributed by atoms with van der Waals surface area (Å²) in [6, 6.07) is 14.4. The topological polar surface area (TPSA) is 0 Å². The van der Waals surface area contributed by atoms with E-state index in [1.807, 2.05) is 0 Å². The first kappa shape index (κ1) is 24.7. The predicted molar refractivity (Wildman–Crippen MR) is 135 cm³/mol. The van der Waals surface area contributed by atoms with Gasteiger partial charge in [-0.3, -0.25) is 0 Å². The fraction of sp³-hybridized carbons (Fsp3) is 0.600. The molecule has 0 aliphatic rings. The summed E-state index contributed by atoms with van der Waals surface area (Å²) >= 11 is 0. The van der Waals surface area contributed by atoms with Gasteiger partial charge in [0.15, 0.2) is 0 Å². The van der Waals surface area contributed by atoms with Crippen LogP contribution in [-0.4, -0.2) is 0 Å². The van der Waals surface area contributed by atoms with Gasteiger partial charge in [0.1, 0.15) is 0 Å². The van der Waals surface area contributed by atoms with Gasteiger partial charge in [-0.25, -0.2) is 0 Å². The number of hydrogen-bond donors (Lipinski definition) is 0. The van der Waals surface area contributed by atoms with Crippen molar-refractivity contribution in [1.82, 2.24) is 0 Å². The third kappa shape index (κ3) is 5.37. The standard InChI is InChI=1S/C30H46/c1-20(23-16-14-21(27(2,3)4)18-25(23)29(8,9)10)24-17-15-22(28(5,6)7)19-26(24)30(11,12)13/h14-20H,1-13H3. The molecule has 0 aliphatic heterocycles. The van der Waals surface area contributed by atoms with E-state index < -0.39 is 0 Å². The quantitative estimate of drug-likeness (QED) is 0.466. The van der Waals surface area contributed by atoms with Gasteiger partial charge in [-0.1, -0.05) is 126 Å². The van der Waals surface area contributed by atoms with Crippen LogP contribution in [0.2, 0.25) is 0 Å². The van der Waals surface area contributed by atoms with Crippen LogP contribution in [0.15, 0.2) is 36.4 Å². The lowest BCUT2D eigenvalue weighted by atomic mass is 9.72. The molecule has 0 amide bonds. The first-order valence-corrected chi connectivity index (χ1v) is 11.6. The summed E-state index contributed by atoms with van der Waals surface area (Å²) in [6.45, 7) is 30.3. The molecule has 0 nitrogen and oxygen atoms in total. The molecule has 0 atom stereocenters. The van der Waals surface area contributed by atoms with Gasteiger partial charge < -0.3 is 0 Å². The summed E-state index contributed by atoms with van der Waals surface area (Å²) < 4.78 is 0. The van der Waals surface area contributed by atoms with Gasteiger partial charge in [-0.05, 0) is 55.0 Å². The molecule has 2 aromatic carbocycles. The van der Waals surface area contributed by atoms with E-state index in [0.717, 1.165) is 0 Å². The van der Waals surface area contributed by atoms with Crippen LogP contribution in [0.25, 0.3) is 0 Å². The fourth-order valence-corrected chi connectivity index (χ4v) is 4.27. The van der Waals surface area contributed by atoms with Crippen LogP contribution in [0.5, 0.6) is 0 Å². The zero-order valence-electron chi connectivity index (χ0n) is 22.0. The van der Waals surface area contributed by atoms with Crippen LogP contribution in [0.1, 0.15) is 129 Å². The average molecular weight is 407 g/mol. The molecule has 0 fully saturated rings. The summed E-state index contributed by atoms with van der Waals surface area (Å²) in [5.74, 6) is 0.358. The minimum absolute atomic E-state index is 0.109. The van der Waals surface area contributed by atoms with Crippen LogP contribution in [0.3, 0.4) is 0 Å². The van der Waals surface area contributed by atoms with Crippen LogP contribution in [-0.2, 0) is 21.7 Å². The van der Waals surface area contributed by atoms with E-state index in [4.69, 9.17) is 0 Å². The van der Waals surface area contributed by atoms with Crippen molar-refractivity contribution in [3.8, 4) is 0 Å². The van der Waals surface area contributed by atoms with E-state index in [2.05, 4.69) is 126 Å². The maximum absolute atomic E-state index is 2.46. The Morgan fingerprint density at radius 2 is 0.767 bits per heavy atom. The molecule has 0 radical (unpaired) electrons. The van der Waals surface area contributed by atoms with Gasteiger partial charge in [0.25, 0.3) is 0 Å². The third-order valence-electron chi connectivity index (χ3n) is 6.39. The van der Waals surface area contributed by atoms with E-state index in [1.54, 1.807) is 0 Å². The summed E-state index contributed by atoms with van der Waals surface area (Å²) in [4.78, 5) is 0. The van der Waals surface area contributed by atoms with E-state index >= 15 is 0 Å². The highest BCUT2D eigenvalue weighted by Gasteiger charge is 2.28. The molecule has 0 aliphatic carbocycles. The summed E-state index contributed by atoms with van der Waals surface area (Å²) in [7, 11) is 0. The summed E-state index contributed by atoms with van der Waals surface area (Å²) in [5, 5.41) is 0. The molecule has 0 aromatic heterocycles. The zero-order valence-corrected chi connectivity index (χ0v) is 22.0. The van der Waals surface area contributed by atoms with Crippen molar-refractivity contribution in [2.24, 2.45) is 0 Å². The second-order valence-electron chi connectivity index (χ2n) is 13.3. The van der Waals surface area contributed by atoms with Crippen molar-refractivity contribution < 1.29 is 0 Å². The van der Waals surface area contributed by atoms with E-state index in [-0.39, 0.29) is 21.7 Å². The van der Waals surface area contributed by atoms with Crippen molar-refractivity contribution >= 4 is 0 Å². The molecule has 0 saturated carbocycles. The first-order valence-electron chi connectivity index (χ1n) is 11.6. The van der Waals surface area contributed by atoms with Crippen molar-refractivity contribution in [1.29, 1.82) is 0 Å². The number of hydrogen-bond acceptors (Lipinski definition) is 0. The molecule has 2 rings (SSSR count). The Bertz CT molecular complexity index is 808. The van der Waals surface area contributed by atoms with Gasteiger partial charge in [-0.15, -0.1) is 0 Å². The first-order chi connectivity index (χ1) is 13.3. The monoisotopic (exact) mass is 406 g/mol. The molecule has 0 spiro atoms. The van der Waals surface area contributed by atoms with Gasteiger partial charge in [0, 0.05) is 5.92 Å². The SMILES string of the molecule is CC(c1ccc(C(C)(C)C)cc1C(C)(C)C)c1ccc(C(C)(C)C)cc1C(C)(C)C. The Kier molecular flexibility index (Phi) is 6.46. The molecule has 0 unspecified atom stereocenters. The molecule has 0 heteroatoms. The molecule has 0 bridgehead atoms. The molecular formula is C30H46. The van der Waals surface area contributed by atoms with Crippen molar-refractivity contribution in [3.05, 3.63) is 69.8 Å². The zero-order chi connectivity index (χ0) is 23.3. The largest absolute Gasteiger partial charge is 0.0582 e. The lowest BCUT2D eigenvalue weighted by Crippen LogP contribution is -2.22. The molecule has 30 heavy (non-hydrogen) atoms. The maximum atomic E-state index is 2.46. The molecular weight excluding hydrogens is 360 g/mol. The number of rotatable bonds is 2. The Labute approximate surface area is 187 Å². The smallest absolute Gasteiger partial charge is 0.00668 e. The Balaban J connectivity index is 2.73. The second-order valence-corrected chi connectivity index (χ2v) is 13.3. The molecule has 2 aromatic rings. The normalized spacial score (nSPS) is 13.8. The van der Waals surface area contributed by atoms with Crippen LogP contribution < -0.4 is 0 Å². The van der Waals surface area contributed by atoms with E-state index in [9.17, 15) is 0 Å². The van der Waals surface area contributed by atoms with Crippen LogP contribution in [0.4, 0.5) is 0 Å². The van der Waals surface area contributed by atoms with Gasteiger partial charge in [0.2, 0.25) is 0 Å². The van der Waals surface area contributed by atoms with Crippen LogP contribution in [0, 0.1) is 0 Å². The minimum Gasteiger partial charge on any atom is -0.0582 e. The van der Waals surface area contributed by atoms with E-state index in [1.165, 1.54) is 33.4 Å². The highest BCUT2D eigenvalue weighted by molar-refractivity contribution is 5.49. The lowest BCUT2D eigenvalue weighted by molar-refractivity contribution is 0.553. The lowest BCUT2D eigenvalue weighted by Gasteiger charge is -2.33. The van der Waals surface area contributed by atoms with E-state index in [0.29, 0.717) is 5.92 Å². The Hall–Kier alpha value is -1.56. The third-order valence-corrected chi connectivity index (χ3v) is 6.39. The van der Waals surface area contributed by atoms with Crippen molar-refractivity contribution in [2.45, 2.75) is 118 Å². The predicted octanol–water partition coefficient (Wildman–Crippen LogP) is 9.03.